The number of nitrogens with one attached hydrogen (secondary N) is 1. The SMILES string of the molecule is CCn1cccc1C(=O)Nc1ccc(C#CCO)cc1C. The van der Waals surface area contributed by atoms with E-state index in [1.54, 1.807) is 6.07 Å². The molecule has 108 valence electrons. The Balaban J connectivity index is 2.18. The van der Waals surface area contributed by atoms with Crippen molar-refractivity contribution in [3.8, 4) is 11.8 Å². The molecule has 1 amide bonds. The summed E-state index contributed by atoms with van der Waals surface area (Å²) in [6.07, 6.45) is 1.88. The number of rotatable bonds is 3. The average Bonchev–Trinajstić information content (AvgIpc) is 2.96. The number of aryl methyl sites for hydroxylation is 2. The van der Waals surface area contributed by atoms with E-state index < -0.39 is 0 Å². The first-order chi connectivity index (χ1) is 10.2. The zero-order chi connectivity index (χ0) is 15.2. The predicted molar refractivity (Wildman–Crippen MR) is 83.2 cm³/mol. The molecule has 0 bridgehead atoms. The molecule has 0 fully saturated rings. The highest BCUT2D eigenvalue weighted by Crippen LogP contribution is 2.17. The normalized spacial score (nSPS) is 9.86. The Kier molecular flexibility index (Phi) is 4.81. The summed E-state index contributed by atoms with van der Waals surface area (Å²) in [7, 11) is 0. The molecule has 0 atom stereocenters. The van der Waals surface area contributed by atoms with E-state index in [4.69, 9.17) is 5.11 Å². The number of aliphatic hydroxyl groups excluding tert-OH is 1. The van der Waals surface area contributed by atoms with Gasteiger partial charge in [-0.15, -0.1) is 0 Å². The van der Waals surface area contributed by atoms with Crippen molar-refractivity contribution in [3.63, 3.8) is 0 Å². The van der Waals surface area contributed by atoms with Gasteiger partial charge in [0.15, 0.2) is 0 Å². The van der Waals surface area contributed by atoms with Gasteiger partial charge >= 0.3 is 0 Å². The monoisotopic (exact) mass is 282 g/mol. The maximum absolute atomic E-state index is 12.3. The molecule has 0 aliphatic rings. The molecule has 0 aliphatic heterocycles. The van der Waals surface area contributed by atoms with Crippen molar-refractivity contribution in [2.24, 2.45) is 0 Å². The van der Waals surface area contributed by atoms with Gasteiger partial charge in [0.25, 0.3) is 5.91 Å². The first-order valence-electron chi connectivity index (χ1n) is 6.82. The van der Waals surface area contributed by atoms with Crippen LogP contribution in [0, 0.1) is 18.8 Å². The van der Waals surface area contributed by atoms with Gasteiger partial charge in [-0.1, -0.05) is 11.8 Å². The van der Waals surface area contributed by atoms with E-state index in [2.05, 4.69) is 17.2 Å². The molecule has 0 spiro atoms. The second-order valence-electron chi connectivity index (χ2n) is 4.62. The third kappa shape index (κ3) is 3.53. The first-order valence-corrected chi connectivity index (χ1v) is 6.82. The quantitative estimate of drug-likeness (QED) is 0.849. The highest BCUT2D eigenvalue weighted by Gasteiger charge is 2.11. The summed E-state index contributed by atoms with van der Waals surface area (Å²) >= 11 is 0. The zero-order valence-electron chi connectivity index (χ0n) is 12.2. The number of hydrogen-bond acceptors (Lipinski definition) is 2. The van der Waals surface area contributed by atoms with Gasteiger partial charge in [-0.05, 0) is 49.7 Å². The second-order valence-corrected chi connectivity index (χ2v) is 4.62. The molecule has 0 unspecified atom stereocenters. The Hall–Kier alpha value is -2.51. The highest BCUT2D eigenvalue weighted by atomic mass is 16.2. The van der Waals surface area contributed by atoms with E-state index in [1.165, 1.54) is 0 Å². The van der Waals surface area contributed by atoms with Gasteiger partial charge in [-0.2, -0.15) is 0 Å². The van der Waals surface area contributed by atoms with Crippen LogP contribution in [0.4, 0.5) is 5.69 Å². The lowest BCUT2D eigenvalue weighted by Gasteiger charge is -2.10. The van der Waals surface area contributed by atoms with E-state index in [0.717, 1.165) is 23.4 Å². The van der Waals surface area contributed by atoms with Gasteiger partial charge in [0.1, 0.15) is 12.3 Å². The number of nitrogens with zero attached hydrogens (tertiary/aromatic N) is 1. The van der Waals surface area contributed by atoms with E-state index in [0.29, 0.717) is 5.69 Å². The Labute approximate surface area is 124 Å². The van der Waals surface area contributed by atoms with Gasteiger partial charge in [0.2, 0.25) is 0 Å². The first kappa shape index (κ1) is 14.9. The van der Waals surface area contributed by atoms with Gasteiger partial charge in [0, 0.05) is 24.0 Å². The fraction of sp³-hybridized carbons (Fsp3) is 0.235. The lowest BCUT2D eigenvalue weighted by Crippen LogP contribution is -2.17. The van der Waals surface area contributed by atoms with Crippen LogP contribution >= 0.6 is 0 Å². The molecule has 2 aromatic rings. The molecule has 0 aliphatic carbocycles. The lowest BCUT2D eigenvalue weighted by atomic mass is 10.1. The van der Waals surface area contributed by atoms with Crippen molar-refractivity contribution < 1.29 is 9.90 Å². The molecule has 0 saturated heterocycles. The largest absolute Gasteiger partial charge is 0.384 e. The van der Waals surface area contributed by atoms with Crippen LogP contribution in [0.15, 0.2) is 36.5 Å². The number of hydrogen-bond donors (Lipinski definition) is 2. The van der Waals surface area contributed by atoms with Crippen LogP contribution in [0.5, 0.6) is 0 Å². The van der Waals surface area contributed by atoms with Gasteiger partial charge < -0.3 is 15.0 Å². The van der Waals surface area contributed by atoms with Crippen molar-refractivity contribution >= 4 is 11.6 Å². The van der Waals surface area contributed by atoms with E-state index in [-0.39, 0.29) is 12.5 Å². The molecule has 2 N–H and O–H groups in total. The summed E-state index contributed by atoms with van der Waals surface area (Å²) in [6.45, 7) is 4.51. The van der Waals surface area contributed by atoms with Crippen molar-refractivity contribution in [2.75, 3.05) is 11.9 Å². The Morgan fingerprint density at radius 3 is 2.86 bits per heavy atom. The van der Waals surface area contributed by atoms with E-state index in [1.807, 2.05) is 48.9 Å². The number of carbonyl (C=O) groups is 1. The molecule has 4 nitrogen and oxygen atoms in total. The van der Waals surface area contributed by atoms with Crippen LogP contribution in [-0.2, 0) is 6.54 Å². The lowest BCUT2D eigenvalue weighted by molar-refractivity contribution is 0.101. The number of benzene rings is 1. The van der Waals surface area contributed by atoms with E-state index in [9.17, 15) is 4.79 Å². The molecule has 1 aromatic heterocycles. The minimum atomic E-state index is -0.161. The van der Waals surface area contributed by atoms with Crippen molar-refractivity contribution in [1.82, 2.24) is 4.57 Å². The number of aliphatic hydroxyl groups is 1. The number of carbonyl (C=O) groups excluding carboxylic acids is 1. The summed E-state index contributed by atoms with van der Waals surface area (Å²) < 4.78 is 1.89. The zero-order valence-corrected chi connectivity index (χ0v) is 12.2. The minimum absolute atomic E-state index is 0.126. The second kappa shape index (κ2) is 6.78. The van der Waals surface area contributed by atoms with Crippen molar-refractivity contribution in [2.45, 2.75) is 20.4 Å². The molecular weight excluding hydrogens is 264 g/mol. The molecule has 0 radical (unpaired) electrons. The summed E-state index contributed by atoms with van der Waals surface area (Å²) in [6, 6.07) is 9.20. The maximum atomic E-state index is 12.3. The van der Waals surface area contributed by atoms with Gasteiger partial charge in [-0.25, -0.2) is 0 Å². The molecule has 0 saturated carbocycles. The van der Waals surface area contributed by atoms with E-state index >= 15 is 0 Å². The van der Waals surface area contributed by atoms with Gasteiger partial charge in [0.05, 0.1) is 0 Å². The van der Waals surface area contributed by atoms with Crippen LogP contribution < -0.4 is 5.32 Å². The number of anilines is 1. The number of amides is 1. The molecule has 4 heteroatoms. The fourth-order valence-corrected chi connectivity index (χ4v) is 2.11. The summed E-state index contributed by atoms with van der Waals surface area (Å²) in [5.74, 6) is 5.32. The smallest absolute Gasteiger partial charge is 0.272 e. The van der Waals surface area contributed by atoms with Crippen molar-refractivity contribution in [1.29, 1.82) is 0 Å². The summed E-state index contributed by atoms with van der Waals surface area (Å²) in [4.78, 5) is 12.3. The minimum Gasteiger partial charge on any atom is -0.384 e. The van der Waals surface area contributed by atoms with Crippen LogP contribution in [-0.4, -0.2) is 22.2 Å². The maximum Gasteiger partial charge on any atom is 0.272 e. The fourth-order valence-electron chi connectivity index (χ4n) is 2.11. The third-order valence-electron chi connectivity index (χ3n) is 3.19. The topological polar surface area (TPSA) is 54.3 Å². The molecule has 2 rings (SSSR count). The number of aromatic nitrogens is 1. The molecular formula is C17H18N2O2. The standard InChI is InChI=1S/C17H18N2O2/c1-3-19-10-4-7-16(19)17(21)18-15-9-8-14(6-5-11-20)12-13(15)2/h4,7-10,12,20H,3,11H2,1-2H3,(H,18,21). The van der Waals surface area contributed by atoms with Crippen LogP contribution in [0.3, 0.4) is 0 Å². The van der Waals surface area contributed by atoms with Crippen LogP contribution in [0.1, 0.15) is 28.5 Å². The summed E-state index contributed by atoms with van der Waals surface area (Å²) in [5.41, 5.74) is 3.15. The van der Waals surface area contributed by atoms with Gasteiger partial charge in [-0.3, -0.25) is 4.79 Å². The average molecular weight is 282 g/mol. The molecule has 1 aromatic carbocycles. The third-order valence-corrected chi connectivity index (χ3v) is 3.19. The van der Waals surface area contributed by atoms with Crippen LogP contribution in [0.25, 0.3) is 0 Å². The van der Waals surface area contributed by atoms with Crippen molar-refractivity contribution in [3.05, 3.63) is 53.3 Å². The Bertz CT molecular complexity index is 705. The molecule has 1 heterocycles. The predicted octanol–water partition coefficient (Wildman–Crippen LogP) is 2.41. The highest BCUT2D eigenvalue weighted by molar-refractivity contribution is 6.03. The molecule has 21 heavy (non-hydrogen) atoms. The summed E-state index contributed by atoms with van der Waals surface area (Å²) in [5, 5.41) is 11.6. The Morgan fingerprint density at radius 2 is 2.19 bits per heavy atom. The Morgan fingerprint density at radius 1 is 1.38 bits per heavy atom. The van der Waals surface area contributed by atoms with Crippen LogP contribution in [0.2, 0.25) is 0 Å².